The highest BCUT2D eigenvalue weighted by atomic mass is 32.2. The molecule has 0 spiro atoms. The highest BCUT2D eigenvalue weighted by Crippen LogP contribution is 2.41. The van der Waals surface area contributed by atoms with E-state index in [2.05, 4.69) is 22.5 Å². The molecule has 2 aromatic rings. The number of unbranched alkanes of at least 4 members (excludes halogenated alkanes) is 14. The first-order chi connectivity index (χ1) is 18.9. The van der Waals surface area contributed by atoms with Crippen molar-refractivity contribution in [2.45, 2.75) is 125 Å². The number of carbonyl (C=O) groups excluding carboxylic acids is 2. The fourth-order valence-corrected chi connectivity index (χ4v) is 6.21. The molecule has 0 atom stereocenters. The van der Waals surface area contributed by atoms with Crippen molar-refractivity contribution in [1.82, 2.24) is 10.3 Å². The van der Waals surface area contributed by atoms with Gasteiger partial charge in [0.25, 0.3) is 0 Å². The second-order valence-corrected chi connectivity index (χ2v) is 12.3. The molecule has 7 nitrogen and oxygen atoms in total. The van der Waals surface area contributed by atoms with Gasteiger partial charge in [0.05, 0.1) is 22.7 Å². The zero-order valence-corrected chi connectivity index (χ0v) is 25.4. The standard InChI is InChI=1S/C30H47N3O4S2/c1-3-4-5-6-7-8-9-10-11-12-13-14-15-16-17-18-28(36)33-24-20-26(35)27(21-25(24)34)39-30-32-23(22-38-30)19-29(37)31-2/h20-22,34-35H,3-19H2,1-2H3,(H,31,37)(H,33,36). The van der Waals surface area contributed by atoms with Crippen LogP contribution in [0.1, 0.15) is 115 Å². The van der Waals surface area contributed by atoms with E-state index < -0.39 is 0 Å². The van der Waals surface area contributed by atoms with Crippen LogP contribution in [0.4, 0.5) is 5.69 Å². The van der Waals surface area contributed by atoms with Crippen LogP contribution >= 0.6 is 23.1 Å². The van der Waals surface area contributed by atoms with Gasteiger partial charge in [-0.15, -0.1) is 11.3 Å². The van der Waals surface area contributed by atoms with E-state index in [9.17, 15) is 19.8 Å². The highest BCUT2D eigenvalue weighted by molar-refractivity contribution is 8.01. The SMILES string of the molecule is CCCCCCCCCCCCCCCCCC(=O)Nc1cc(O)c(Sc2nc(CC(=O)NC)cs2)cc1O. The topological polar surface area (TPSA) is 112 Å². The van der Waals surface area contributed by atoms with Crippen LogP contribution < -0.4 is 10.6 Å². The Hall–Kier alpha value is -2.26. The van der Waals surface area contributed by atoms with Crippen molar-refractivity contribution in [2.75, 3.05) is 12.4 Å². The lowest BCUT2D eigenvalue weighted by atomic mass is 10.0. The largest absolute Gasteiger partial charge is 0.507 e. The summed E-state index contributed by atoms with van der Waals surface area (Å²) in [6.45, 7) is 2.26. The minimum atomic E-state index is -0.168. The number of nitrogens with zero attached hydrogens (tertiary/aromatic N) is 1. The lowest BCUT2D eigenvalue weighted by molar-refractivity contribution is -0.120. The maximum atomic E-state index is 12.4. The summed E-state index contributed by atoms with van der Waals surface area (Å²) in [5.74, 6) is -0.453. The second-order valence-electron chi connectivity index (χ2n) is 10.1. The molecular weight excluding hydrogens is 530 g/mol. The van der Waals surface area contributed by atoms with Crippen LogP contribution in [0.25, 0.3) is 0 Å². The van der Waals surface area contributed by atoms with E-state index >= 15 is 0 Å². The average Bonchev–Trinajstić information content (AvgIpc) is 3.35. The van der Waals surface area contributed by atoms with Crippen molar-refractivity contribution in [2.24, 2.45) is 0 Å². The Balaban J connectivity index is 1.58. The molecule has 39 heavy (non-hydrogen) atoms. The van der Waals surface area contributed by atoms with Gasteiger partial charge in [0.1, 0.15) is 11.5 Å². The molecule has 218 valence electrons. The van der Waals surface area contributed by atoms with Gasteiger partial charge >= 0.3 is 0 Å². The Labute approximate surface area is 242 Å². The highest BCUT2D eigenvalue weighted by Gasteiger charge is 2.15. The van der Waals surface area contributed by atoms with E-state index in [1.807, 2.05) is 0 Å². The molecule has 2 amide bonds. The Morgan fingerprint density at radius 2 is 1.38 bits per heavy atom. The molecule has 9 heteroatoms. The molecule has 1 aromatic carbocycles. The van der Waals surface area contributed by atoms with Crippen LogP contribution in [0.3, 0.4) is 0 Å². The number of likely N-dealkylation sites (N-methyl/N-ethyl adjacent to an activating group) is 1. The van der Waals surface area contributed by atoms with Crippen LogP contribution in [0.2, 0.25) is 0 Å². The van der Waals surface area contributed by atoms with Crippen LogP contribution in [0, 0.1) is 0 Å². The number of rotatable bonds is 21. The summed E-state index contributed by atoms with van der Waals surface area (Å²) in [6.07, 6.45) is 19.7. The molecule has 0 saturated carbocycles. The number of nitrogens with one attached hydrogen (secondary N) is 2. The number of anilines is 1. The van der Waals surface area contributed by atoms with Crippen molar-refractivity contribution in [1.29, 1.82) is 0 Å². The summed E-state index contributed by atoms with van der Waals surface area (Å²) < 4.78 is 0.647. The summed E-state index contributed by atoms with van der Waals surface area (Å²) in [6, 6.07) is 2.78. The molecule has 1 heterocycles. The molecule has 1 aromatic heterocycles. The van der Waals surface area contributed by atoms with Gasteiger partial charge in [-0.05, 0) is 12.5 Å². The van der Waals surface area contributed by atoms with Gasteiger partial charge in [0.2, 0.25) is 11.8 Å². The molecule has 0 fully saturated rings. The second kappa shape index (κ2) is 19.7. The number of phenolic OH excluding ortho intramolecular Hbond substituents is 2. The van der Waals surface area contributed by atoms with Gasteiger partial charge in [0.15, 0.2) is 4.34 Å². The summed E-state index contributed by atoms with van der Waals surface area (Å²) in [7, 11) is 1.58. The van der Waals surface area contributed by atoms with Crippen molar-refractivity contribution in [3.63, 3.8) is 0 Å². The van der Waals surface area contributed by atoms with Crippen LogP contribution in [0.5, 0.6) is 11.5 Å². The number of benzene rings is 1. The summed E-state index contributed by atoms with van der Waals surface area (Å²) >= 11 is 2.56. The van der Waals surface area contributed by atoms with Crippen molar-refractivity contribution in [3.05, 3.63) is 23.2 Å². The van der Waals surface area contributed by atoms with Gasteiger partial charge in [-0.2, -0.15) is 0 Å². The minimum Gasteiger partial charge on any atom is -0.507 e. The number of carbonyl (C=O) groups is 2. The van der Waals surface area contributed by atoms with E-state index in [1.54, 1.807) is 12.4 Å². The smallest absolute Gasteiger partial charge is 0.225 e. The van der Waals surface area contributed by atoms with Gasteiger partial charge in [-0.1, -0.05) is 109 Å². The van der Waals surface area contributed by atoms with Crippen molar-refractivity contribution < 1.29 is 19.8 Å². The van der Waals surface area contributed by atoms with Gasteiger partial charge in [0, 0.05) is 24.9 Å². The van der Waals surface area contributed by atoms with Crippen LogP contribution in [-0.2, 0) is 16.0 Å². The first-order valence-electron chi connectivity index (χ1n) is 14.6. The molecule has 0 unspecified atom stereocenters. The molecule has 0 saturated heterocycles. The van der Waals surface area contributed by atoms with Crippen molar-refractivity contribution in [3.8, 4) is 11.5 Å². The third kappa shape index (κ3) is 14.1. The van der Waals surface area contributed by atoms with E-state index in [1.165, 1.54) is 112 Å². The fraction of sp³-hybridized carbons (Fsp3) is 0.633. The number of phenols is 2. The van der Waals surface area contributed by atoms with E-state index in [0.29, 0.717) is 21.3 Å². The normalized spacial score (nSPS) is 11.0. The maximum Gasteiger partial charge on any atom is 0.225 e. The molecule has 0 aliphatic heterocycles. The zero-order valence-electron chi connectivity index (χ0n) is 23.7. The molecular formula is C30H47N3O4S2. The van der Waals surface area contributed by atoms with Crippen LogP contribution in [-0.4, -0.2) is 34.1 Å². The Bertz CT molecular complexity index is 997. The number of hydrogen-bond donors (Lipinski definition) is 4. The molecule has 4 N–H and O–H groups in total. The summed E-state index contributed by atoms with van der Waals surface area (Å²) in [4.78, 5) is 28.7. The van der Waals surface area contributed by atoms with Gasteiger partial charge in [-0.3, -0.25) is 9.59 Å². The number of hydrogen-bond acceptors (Lipinski definition) is 7. The molecule has 0 aliphatic carbocycles. The Kier molecular flexibility index (Phi) is 16.7. The van der Waals surface area contributed by atoms with Crippen LogP contribution in [0.15, 0.2) is 26.7 Å². The monoisotopic (exact) mass is 577 g/mol. The molecule has 0 bridgehead atoms. The summed E-state index contributed by atoms with van der Waals surface area (Å²) in [5, 5.41) is 27.9. The number of aromatic nitrogens is 1. The predicted molar refractivity (Wildman–Crippen MR) is 162 cm³/mol. The third-order valence-electron chi connectivity index (χ3n) is 6.71. The lowest BCUT2D eigenvalue weighted by Crippen LogP contribution is -2.19. The molecule has 0 aliphatic rings. The first kappa shape index (κ1) is 32.9. The quantitative estimate of drug-likeness (QED) is 0.0676. The zero-order chi connectivity index (χ0) is 28.3. The predicted octanol–water partition coefficient (Wildman–Crippen LogP) is 8.19. The van der Waals surface area contributed by atoms with Crippen molar-refractivity contribution >= 4 is 40.6 Å². The lowest BCUT2D eigenvalue weighted by Gasteiger charge is -2.10. The van der Waals surface area contributed by atoms with Gasteiger partial charge < -0.3 is 20.8 Å². The number of amides is 2. The average molecular weight is 578 g/mol. The summed E-state index contributed by atoms with van der Waals surface area (Å²) in [5.41, 5.74) is 0.843. The molecule has 0 radical (unpaired) electrons. The van der Waals surface area contributed by atoms with E-state index in [4.69, 9.17) is 0 Å². The third-order valence-corrected chi connectivity index (χ3v) is 8.74. The van der Waals surface area contributed by atoms with E-state index in [0.717, 1.165) is 19.3 Å². The Morgan fingerprint density at radius 1 is 0.821 bits per heavy atom. The Morgan fingerprint density at radius 3 is 1.95 bits per heavy atom. The minimum absolute atomic E-state index is 0.0527. The maximum absolute atomic E-state index is 12.4. The first-order valence-corrected chi connectivity index (χ1v) is 16.3. The number of aromatic hydroxyl groups is 2. The fourth-order valence-electron chi connectivity index (χ4n) is 4.37. The molecule has 2 rings (SSSR count). The van der Waals surface area contributed by atoms with Gasteiger partial charge in [-0.25, -0.2) is 4.98 Å². The number of thiazole rings is 1. The van der Waals surface area contributed by atoms with E-state index in [-0.39, 0.29) is 35.4 Å².